The zero-order valence-electron chi connectivity index (χ0n) is 6.93. The highest BCUT2D eigenvalue weighted by atomic mass is 79.9. The molecule has 0 saturated heterocycles. The number of phenols is 1. The van der Waals surface area contributed by atoms with E-state index in [1.165, 1.54) is 6.07 Å². The van der Waals surface area contributed by atoms with E-state index in [9.17, 15) is 9.50 Å². The van der Waals surface area contributed by atoms with E-state index in [0.717, 1.165) is 0 Å². The smallest absolute Gasteiger partial charge is 0.165 e. The van der Waals surface area contributed by atoms with Crippen LogP contribution in [-0.2, 0) is 6.54 Å². The SMILES string of the molecule is Cc1cc(F)c(O)c(CNO)c1Br. The summed E-state index contributed by atoms with van der Waals surface area (Å²) >= 11 is 3.19. The number of hydrogen-bond acceptors (Lipinski definition) is 3. The first-order chi connectivity index (χ1) is 6.07. The Morgan fingerprint density at radius 2 is 2.23 bits per heavy atom. The predicted molar refractivity (Wildman–Crippen MR) is 49.1 cm³/mol. The van der Waals surface area contributed by atoms with E-state index in [4.69, 9.17) is 5.21 Å². The molecule has 1 rings (SSSR count). The molecule has 1 aromatic carbocycles. The number of halogens is 2. The van der Waals surface area contributed by atoms with Gasteiger partial charge in [-0.15, -0.1) is 0 Å². The number of rotatable bonds is 2. The average molecular weight is 250 g/mol. The van der Waals surface area contributed by atoms with Gasteiger partial charge in [-0.3, -0.25) is 0 Å². The lowest BCUT2D eigenvalue weighted by molar-refractivity contribution is 0.159. The van der Waals surface area contributed by atoms with Crippen molar-refractivity contribution in [2.75, 3.05) is 0 Å². The van der Waals surface area contributed by atoms with Crippen LogP contribution < -0.4 is 5.48 Å². The molecule has 0 atom stereocenters. The van der Waals surface area contributed by atoms with Gasteiger partial charge in [0.15, 0.2) is 11.6 Å². The first-order valence-electron chi connectivity index (χ1n) is 3.61. The predicted octanol–water partition coefficient (Wildman–Crippen LogP) is 2.08. The van der Waals surface area contributed by atoms with Gasteiger partial charge >= 0.3 is 0 Å². The molecule has 0 amide bonds. The van der Waals surface area contributed by atoms with Crippen LogP contribution in [0.5, 0.6) is 5.75 Å². The maximum Gasteiger partial charge on any atom is 0.165 e. The van der Waals surface area contributed by atoms with Gasteiger partial charge in [-0.25, -0.2) is 9.87 Å². The molecule has 1 aromatic rings. The number of phenolic OH excluding ortho intramolecular Hbond substituents is 1. The van der Waals surface area contributed by atoms with Crippen LogP contribution in [-0.4, -0.2) is 10.3 Å². The van der Waals surface area contributed by atoms with E-state index in [-0.39, 0.29) is 6.54 Å². The second-order valence-electron chi connectivity index (χ2n) is 2.65. The van der Waals surface area contributed by atoms with E-state index in [1.54, 1.807) is 6.92 Å². The molecule has 0 radical (unpaired) electrons. The van der Waals surface area contributed by atoms with Gasteiger partial charge in [0.05, 0.1) is 6.54 Å². The van der Waals surface area contributed by atoms with Crippen molar-refractivity contribution >= 4 is 15.9 Å². The lowest BCUT2D eigenvalue weighted by Gasteiger charge is -2.09. The van der Waals surface area contributed by atoms with Crippen molar-refractivity contribution in [1.82, 2.24) is 5.48 Å². The molecule has 0 aliphatic heterocycles. The molecule has 72 valence electrons. The van der Waals surface area contributed by atoms with Gasteiger partial charge in [0, 0.05) is 10.0 Å². The van der Waals surface area contributed by atoms with Gasteiger partial charge in [-0.1, -0.05) is 15.9 Å². The highest BCUT2D eigenvalue weighted by molar-refractivity contribution is 9.10. The van der Waals surface area contributed by atoms with E-state index in [0.29, 0.717) is 15.6 Å². The fourth-order valence-electron chi connectivity index (χ4n) is 1.05. The fourth-order valence-corrected chi connectivity index (χ4v) is 1.49. The van der Waals surface area contributed by atoms with Crippen LogP contribution in [0.4, 0.5) is 4.39 Å². The molecule has 0 aromatic heterocycles. The summed E-state index contributed by atoms with van der Waals surface area (Å²) in [7, 11) is 0. The second kappa shape index (κ2) is 4.04. The van der Waals surface area contributed by atoms with Crippen molar-refractivity contribution in [2.24, 2.45) is 0 Å². The Bertz CT molecular complexity index is 304. The molecule has 3 nitrogen and oxygen atoms in total. The molecular weight excluding hydrogens is 241 g/mol. The third-order valence-corrected chi connectivity index (χ3v) is 2.83. The molecule has 3 N–H and O–H groups in total. The number of hydrogen-bond donors (Lipinski definition) is 3. The van der Waals surface area contributed by atoms with Crippen LogP contribution in [0.1, 0.15) is 11.1 Å². The van der Waals surface area contributed by atoms with Crippen LogP contribution in [0.15, 0.2) is 10.5 Å². The number of benzene rings is 1. The molecule has 0 saturated carbocycles. The fraction of sp³-hybridized carbons (Fsp3) is 0.250. The van der Waals surface area contributed by atoms with E-state index in [2.05, 4.69) is 15.9 Å². The Morgan fingerprint density at radius 3 is 2.77 bits per heavy atom. The Balaban J connectivity index is 3.28. The number of aryl methyl sites for hydroxylation is 1. The minimum Gasteiger partial charge on any atom is -0.505 e. The Morgan fingerprint density at radius 1 is 1.62 bits per heavy atom. The largest absolute Gasteiger partial charge is 0.505 e. The van der Waals surface area contributed by atoms with Crippen LogP contribution in [0.2, 0.25) is 0 Å². The van der Waals surface area contributed by atoms with Crippen molar-refractivity contribution < 1.29 is 14.7 Å². The Labute approximate surface area is 83.3 Å². The van der Waals surface area contributed by atoms with Crippen molar-refractivity contribution in [3.8, 4) is 5.75 Å². The third-order valence-electron chi connectivity index (χ3n) is 1.72. The van der Waals surface area contributed by atoms with Crippen LogP contribution in [0, 0.1) is 12.7 Å². The Hall–Kier alpha value is -0.650. The topological polar surface area (TPSA) is 52.5 Å². The van der Waals surface area contributed by atoms with Crippen LogP contribution in [0.3, 0.4) is 0 Å². The highest BCUT2D eigenvalue weighted by Crippen LogP contribution is 2.31. The average Bonchev–Trinajstić information content (AvgIpc) is 2.09. The maximum absolute atomic E-state index is 13.0. The standard InChI is InChI=1S/C8H9BrFNO2/c1-4-2-6(10)8(12)5(3-11-13)7(4)9/h2,11-13H,3H2,1H3. The van der Waals surface area contributed by atoms with E-state index < -0.39 is 11.6 Å². The van der Waals surface area contributed by atoms with Crippen molar-refractivity contribution in [2.45, 2.75) is 13.5 Å². The summed E-state index contributed by atoms with van der Waals surface area (Å²) in [5.74, 6) is -1.13. The lowest BCUT2D eigenvalue weighted by Crippen LogP contribution is -2.08. The normalized spacial score (nSPS) is 10.5. The summed E-state index contributed by atoms with van der Waals surface area (Å²) in [6.07, 6.45) is 0. The van der Waals surface area contributed by atoms with E-state index in [1.807, 2.05) is 5.48 Å². The molecular formula is C8H9BrFNO2. The lowest BCUT2D eigenvalue weighted by atomic mass is 10.1. The molecule has 0 aliphatic carbocycles. The van der Waals surface area contributed by atoms with E-state index >= 15 is 0 Å². The molecule has 0 unspecified atom stereocenters. The van der Waals surface area contributed by atoms with Gasteiger partial charge < -0.3 is 10.3 Å². The van der Waals surface area contributed by atoms with Gasteiger partial charge in [0.25, 0.3) is 0 Å². The monoisotopic (exact) mass is 249 g/mol. The number of aromatic hydroxyl groups is 1. The van der Waals surface area contributed by atoms with Crippen molar-refractivity contribution in [3.63, 3.8) is 0 Å². The molecule has 0 bridgehead atoms. The number of nitrogens with one attached hydrogen (secondary N) is 1. The summed E-state index contributed by atoms with van der Waals surface area (Å²) in [5, 5.41) is 17.7. The van der Waals surface area contributed by atoms with Crippen molar-refractivity contribution in [1.29, 1.82) is 0 Å². The van der Waals surface area contributed by atoms with Crippen LogP contribution in [0.25, 0.3) is 0 Å². The quantitative estimate of drug-likeness (QED) is 0.704. The highest BCUT2D eigenvalue weighted by Gasteiger charge is 2.13. The first kappa shape index (κ1) is 10.4. The molecule has 0 aliphatic rings. The van der Waals surface area contributed by atoms with Gasteiger partial charge in [0.1, 0.15) is 0 Å². The van der Waals surface area contributed by atoms with Gasteiger partial charge in [-0.2, -0.15) is 0 Å². The zero-order valence-corrected chi connectivity index (χ0v) is 8.52. The molecule has 0 heterocycles. The second-order valence-corrected chi connectivity index (χ2v) is 3.44. The summed E-state index contributed by atoms with van der Waals surface area (Å²) in [6.45, 7) is 1.69. The Kier molecular flexibility index (Phi) is 3.24. The first-order valence-corrected chi connectivity index (χ1v) is 4.40. The molecule has 0 spiro atoms. The van der Waals surface area contributed by atoms with Gasteiger partial charge in [-0.05, 0) is 18.6 Å². The minimum absolute atomic E-state index is 0.00891. The molecule has 13 heavy (non-hydrogen) atoms. The minimum atomic E-state index is -0.689. The zero-order chi connectivity index (χ0) is 10.0. The summed E-state index contributed by atoms with van der Waals surface area (Å²) in [4.78, 5) is 0. The maximum atomic E-state index is 13.0. The summed E-state index contributed by atoms with van der Waals surface area (Å²) in [6, 6.07) is 1.22. The van der Waals surface area contributed by atoms with Gasteiger partial charge in [0.2, 0.25) is 0 Å². The third kappa shape index (κ3) is 1.99. The molecule has 0 fully saturated rings. The summed E-state index contributed by atoms with van der Waals surface area (Å²) in [5.41, 5.74) is 2.84. The molecule has 5 heteroatoms. The number of hydroxylamine groups is 1. The van der Waals surface area contributed by atoms with Crippen LogP contribution >= 0.6 is 15.9 Å². The summed E-state index contributed by atoms with van der Waals surface area (Å²) < 4.78 is 13.6. The van der Waals surface area contributed by atoms with Crippen molar-refractivity contribution in [3.05, 3.63) is 27.5 Å².